The van der Waals surface area contributed by atoms with E-state index in [2.05, 4.69) is 15.7 Å². The number of ether oxygens (including phenoxy) is 1. The Morgan fingerprint density at radius 3 is 2.71 bits per heavy atom. The highest BCUT2D eigenvalue weighted by Gasteiger charge is 2.18. The molecule has 0 spiro atoms. The number of hydrogen-bond acceptors (Lipinski definition) is 4. The van der Waals surface area contributed by atoms with E-state index in [0.717, 1.165) is 5.69 Å². The fourth-order valence-corrected chi connectivity index (χ4v) is 1.81. The molecule has 2 rings (SSSR count). The molecule has 21 heavy (non-hydrogen) atoms. The van der Waals surface area contributed by atoms with Crippen LogP contribution in [-0.2, 0) is 0 Å². The minimum absolute atomic E-state index is 0.191. The van der Waals surface area contributed by atoms with E-state index in [-0.39, 0.29) is 17.6 Å². The van der Waals surface area contributed by atoms with Gasteiger partial charge in [-0.1, -0.05) is 18.2 Å². The molecule has 0 aliphatic rings. The van der Waals surface area contributed by atoms with Crippen LogP contribution in [0.25, 0.3) is 5.69 Å². The molecular formula is C15H20N4O2. The van der Waals surface area contributed by atoms with E-state index in [0.29, 0.717) is 12.3 Å². The number of methoxy groups -OCH3 is 1. The fourth-order valence-electron chi connectivity index (χ4n) is 1.81. The monoisotopic (exact) mass is 288 g/mol. The van der Waals surface area contributed by atoms with Crippen molar-refractivity contribution in [2.24, 2.45) is 0 Å². The molecule has 1 heterocycles. The van der Waals surface area contributed by atoms with E-state index in [1.54, 1.807) is 10.9 Å². The van der Waals surface area contributed by atoms with Crippen LogP contribution < -0.4 is 15.4 Å². The van der Waals surface area contributed by atoms with Gasteiger partial charge in [0.05, 0.1) is 19.0 Å². The van der Waals surface area contributed by atoms with Gasteiger partial charge in [-0.3, -0.25) is 4.79 Å². The van der Waals surface area contributed by atoms with Crippen molar-refractivity contribution in [2.45, 2.75) is 13.0 Å². The Hall–Kier alpha value is -2.34. The molecule has 0 radical (unpaired) electrons. The largest absolute Gasteiger partial charge is 0.493 e. The lowest BCUT2D eigenvalue weighted by atomic mass is 10.3. The van der Waals surface area contributed by atoms with Gasteiger partial charge in [0.1, 0.15) is 0 Å². The lowest BCUT2D eigenvalue weighted by Crippen LogP contribution is -2.37. The summed E-state index contributed by atoms with van der Waals surface area (Å²) in [5, 5.41) is 10.2. The quantitative estimate of drug-likeness (QED) is 0.838. The minimum Gasteiger partial charge on any atom is -0.493 e. The highest BCUT2D eigenvalue weighted by molar-refractivity contribution is 5.94. The zero-order valence-electron chi connectivity index (χ0n) is 12.5. The number of rotatable bonds is 6. The topological polar surface area (TPSA) is 68.2 Å². The molecule has 2 aromatic rings. The number of nitrogens with one attached hydrogen (secondary N) is 2. The SMILES string of the molecule is CNC(C)CNC(=O)c1nn(-c2ccccc2)cc1OC. The normalized spacial score (nSPS) is 12.0. The number of likely N-dealkylation sites (N-methyl/N-ethyl adjacent to an activating group) is 1. The van der Waals surface area contributed by atoms with E-state index in [1.165, 1.54) is 7.11 Å². The van der Waals surface area contributed by atoms with Crippen LogP contribution >= 0.6 is 0 Å². The molecule has 112 valence electrons. The maximum Gasteiger partial charge on any atom is 0.275 e. The van der Waals surface area contributed by atoms with E-state index in [4.69, 9.17) is 4.74 Å². The van der Waals surface area contributed by atoms with Gasteiger partial charge in [-0.05, 0) is 26.1 Å². The number of benzene rings is 1. The Kier molecular flexibility index (Phi) is 4.94. The summed E-state index contributed by atoms with van der Waals surface area (Å²) in [6, 6.07) is 9.78. The van der Waals surface area contributed by atoms with Gasteiger partial charge >= 0.3 is 0 Å². The smallest absolute Gasteiger partial charge is 0.275 e. The van der Waals surface area contributed by atoms with Gasteiger partial charge in [-0.2, -0.15) is 5.10 Å². The molecule has 0 aliphatic heterocycles. The highest BCUT2D eigenvalue weighted by atomic mass is 16.5. The average molecular weight is 288 g/mol. The summed E-state index contributed by atoms with van der Waals surface area (Å²) in [6.07, 6.45) is 1.70. The number of para-hydroxylation sites is 1. The van der Waals surface area contributed by atoms with E-state index in [9.17, 15) is 4.79 Å². The third kappa shape index (κ3) is 3.61. The first kappa shape index (κ1) is 15.1. The predicted octanol–water partition coefficient (Wildman–Crippen LogP) is 1.22. The second kappa shape index (κ2) is 6.90. The van der Waals surface area contributed by atoms with Crippen molar-refractivity contribution < 1.29 is 9.53 Å². The summed E-state index contributed by atoms with van der Waals surface area (Å²) >= 11 is 0. The van der Waals surface area contributed by atoms with Gasteiger partial charge < -0.3 is 15.4 Å². The third-order valence-electron chi connectivity index (χ3n) is 3.20. The molecule has 6 heteroatoms. The molecule has 1 aromatic heterocycles. The number of hydrogen-bond donors (Lipinski definition) is 2. The maximum atomic E-state index is 12.2. The zero-order valence-corrected chi connectivity index (χ0v) is 12.5. The van der Waals surface area contributed by atoms with Crippen LogP contribution in [0.5, 0.6) is 5.75 Å². The first-order valence-electron chi connectivity index (χ1n) is 6.80. The number of aromatic nitrogens is 2. The second-order valence-electron chi connectivity index (χ2n) is 4.73. The molecule has 6 nitrogen and oxygen atoms in total. The minimum atomic E-state index is -0.247. The standard InChI is InChI=1S/C15H20N4O2/c1-11(16-2)9-17-15(20)14-13(21-3)10-19(18-14)12-7-5-4-6-8-12/h4-8,10-11,16H,9H2,1-3H3,(H,17,20). The van der Waals surface area contributed by atoms with Gasteiger partial charge in [0, 0.05) is 12.6 Å². The summed E-state index contributed by atoms with van der Waals surface area (Å²) in [6.45, 7) is 2.51. The van der Waals surface area contributed by atoms with E-state index >= 15 is 0 Å². The van der Waals surface area contributed by atoms with Crippen LogP contribution in [0, 0.1) is 0 Å². The lowest BCUT2D eigenvalue weighted by molar-refractivity contribution is 0.0942. The van der Waals surface area contributed by atoms with Gasteiger partial charge in [0.15, 0.2) is 11.4 Å². The summed E-state index contributed by atoms with van der Waals surface area (Å²) in [5.74, 6) is 0.206. The number of carbonyl (C=O) groups excluding carboxylic acids is 1. The van der Waals surface area contributed by atoms with Crippen molar-refractivity contribution in [1.82, 2.24) is 20.4 Å². The zero-order chi connectivity index (χ0) is 15.2. The summed E-state index contributed by atoms with van der Waals surface area (Å²) < 4.78 is 6.88. The summed E-state index contributed by atoms with van der Waals surface area (Å²) in [7, 11) is 3.38. The van der Waals surface area contributed by atoms with Crippen LogP contribution in [0.3, 0.4) is 0 Å². The van der Waals surface area contributed by atoms with Crippen molar-refractivity contribution in [2.75, 3.05) is 20.7 Å². The molecular weight excluding hydrogens is 268 g/mol. The number of amides is 1. The van der Waals surface area contributed by atoms with Crippen LogP contribution in [0.15, 0.2) is 36.5 Å². The molecule has 0 bridgehead atoms. The lowest BCUT2D eigenvalue weighted by Gasteiger charge is -2.10. The molecule has 1 atom stereocenters. The van der Waals surface area contributed by atoms with Gasteiger partial charge in [-0.25, -0.2) is 4.68 Å². The summed E-state index contributed by atoms with van der Waals surface area (Å²) in [4.78, 5) is 12.2. The Balaban J connectivity index is 2.19. The van der Waals surface area contributed by atoms with E-state index < -0.39 is 0 Å². The number of carbonyl (C=O) groups is 1. The van der Waals surface area contributed by atoms with Crippen molar-refractivity contribution in [3.63, 3.8) is 0 Å². The molecule has 0 saturated carbocycles. The molecule has 2 N–H and O–H groups in total. The fraction of sp³-hybridized carbons (Fsp3) is 0.333. The van der Waals surface area contributed by atoms with E-state index in [1.807, 2.05) is 44.3 Å². The Bertz CT molecular complexity index is 595. The van der Waals surface area contributed by atoms with Crippen molar-refractivity contribution in [3.05, 3.63) is 42.2 Å². The molecule has 0 aliphatic carbocycles. The average Bonchev–Trinajstić information content (AvgIpc) is 2.97. The van der Waals surface area contributed by atoms with Crippen LogP contribution in [-0.4, -0.2) is 42.4 Å². The van der Waals surface area contributed by atoms with Gasteiger partial charge in [0.2, 0.25) is 0 Å². The van der Waals surface area contributed by atoms with Crippen LogP contribution in [0.4, 0.5) is 0 Å². The maximum absolute atomic E-state index is 12.2. The van der Waals surface area contributed by atoms with Crippen LogP contribution in [0.2, 0.25) is 0 Å². The molecule has 1 amide bonds. The Morgan fingerprint density at radius 1 is 1.38 bits per heavy atom. The molecule has 1 unspecified atom stereocenters. The first-order valence-corrected chi connectivity index (χ1v) is 6.80. The molecule has 1 aromatic carbocycles. The van der Waals surface area contributed by atoms with Gasteiger partial charge in [0.25, 0.3) is 5.91 Å². The van der Waals surface area contributed by atoms with Crippen molar-refractivity contribution >= 4 is 5.91 Å². The molecule has 0 fully saturated rings. The third-order valence-corrected chi connectivity index (χ3v) is 3.20. The van der Waals surface area contributed by atoms with Gasteiger partial charge in [-0.15, -0.1) is 0 Å². The Labute approximate surface area is 124 Å². The Morgan fingerprint density at radius 2 is 2.10 bits per heavy atom. The van der Waals surface area contributed by atoms with Crippen molar-refractivity contribution in [1.29, 1.82) is 0 Å². The predicted molar refractivity (Wildman–Crippen MR) is 81.0 cm³/mol. The van der Waals surface area contributed by atoms with Crippen LogP contribution in [0.1, 0.15) is 17.4 Å². The first-order chi connectivity index (χ1) is 10.2. The second-order valence-corrected chi connectivity index (χ2v) is 4.73. The molecule has 0 saturated heterocycles. The number of nitrogens with zero attached hydrogens (tertiary/aromatic N) is 2. The highest BCUT2D eigenvalue weighted by Crippen LogP contribution is 2.19. The van der Waals surface area contributed by atoms with Crippen molar-refractivity contribution in [3.8, 4) is 11.4 Å². The summed E-state index contributed by atoms with van der Waals surface area (Å²) in [5.41, 5.74) is 1.16.